The van der Waals surface area contributed by atoms with E-state index in [1.165, 1.54) is 12.8 Å². The monoisotopic (exact) mass is 180 g/mol. The van der Waals surface area contributed by atoms with E-state index in [1.807, 2.05) is 17.7 Å². The first-order valence-electron chi connectivity index (χ1n) is 4.79. The minimum Gasteiger partial charge on any atom is -0.384 e. The SMILES string of the molecule is Cc1cc(N)n(C[C@@H]2CCCN2)n1. The van der Waals surface area contributed by atoms with E-state index in [-0.39, 0.29) is 0 Å². The van der Waals surface area contributed by atoms with E-state index in [4.69, 9.17) is 5.73 Å². The molecule has 0 bridgehead atoms. The van der Waals surface area contributed by atoms with Gasteiger partial charge in [-0.15, -0.1) is 0 Å². The van der Waals surface area contributed by atoms with Crippen molar-refractivity contribution in [2.24, 2.45) is 0 Å². The Morgan fingerprint density at radius 3 is 3.15 bits per heavy atom. The smallest absolute Gasteiger partial charge is 0.121 e. The van der Waals surface area contributed by atoms with E-state index >= 15 is 0 Å². The summed E-state index contributed by atoms with van der Waals surface area (Å²) in [6, 6.07) is 2.47. The standard InChI is InChI=1S/C9H16N4/c1-7-5-9(10)13(12-7)6-8-3-2-4-11-8/h5,8,11H,2-4,6,10H2,1H3/t8-/m0/s1. The molecule has 3 N–H and O–H groups in total. The molecular formula is C9H16N4. The van der Waals surface area contributed by atoms with Gasteiger partial charge in [-0.25, -0.2) is 4.68 Å². The zero-order chi connectivity index (χ0) is 9.26. The molecule has 0 saturated carbocycles. The Kier molecular flexibility index (Phi) is 2.22. The first-order valence-corrected chi connectivity index (χ1v) is 4.79. The summed E-state index contributed by atoms with van der Waals surface area (Å²) >= 11 is 0. The number of rotatable bonds is 2. The quantitative estimate of drug-likeness (QED) is 0.698. The van der Waals surface area contributed by atoms with Gasteiger partial charge in [0, 0.05) is 12.1 Å². The molecule has 1 saturated heterocycles. The molecule has 1 atom stereocenters. The molecule has 13 heavy (non-hydrogen) atoms. The average Bonchev–Trinajstić information content (AvgIpc) is 2.63. The Labute approximate surface area is 78.1 Å². The third-order valence-corrected chi connectivity index (χ3v) is 2.49. The third-order valence-electron chi connectivity index (χ3n) is 2.49. The highest BCUT2D eigenvalue weighted by atomic mass is 15.3. The van der Waals surface area contributed by atoms with Gasteiger partial charge in [-0.1, -0.05) is 0 Å². The van der Waals surface area contributed by atoms with Gasteiger partial charge in [-0.05, 0) is 26.3 Å². The van der Waals surface area contributed by atoms with E-state index in [2.05, 4.69) is 10.4 Å². The normalized spacial score (nSPS) is 22.4. The predicted molar refractivity (Wildman–Crippen MR) is 52.4 cm³/mol. The average molecular weight is 180 g/mol. The van der Waals surface area contributed by atoms with Crippen LogP contribution >= 0.6 is 0 Å². The van der Waals surface area contributed by atoms with Gasteiger partial charge in [-0.2, -0.15) is 5.10 Å². The minimum atomic E-state index is 0.557. The molecule has 1 aliphatic heterocycles. The Hall–Kier alpha value is -1.03. The number of hydrogen-bond acceptors (Lipinski definition) is 3. The highest BCUT2D eigenvalue weighted by Gasteiger charge is 2.15. The van der Waals surface area contributed by atoms with E-state index in [1.54, 1.807) is 0 Å². The first-order chi connectivity index (χ1) is 6.25. The fourth-order valence-corrected chi connectivity index (χ4v) is 1.83. The van der Waals surface area contributed by atoms with Crippen molar-refractivity contribution in [2.45, 2.75) is 32.4 Å². The summed E-state index contributed by atoms with van der Waals surface area (Å²) in [5.74, 6) is 0.770. The van der Waals surface area contributed by atoms with Crippen LogP contribution in [0.1, 0.15) is 18.5 Å². The van der Waals surface area contributed by atoms with Crippen LogP contribution in [-0.4, -0.2) is 22.4 Å². The van der Waals surface area contributed by atoms with Crippen molar-refractivity contribution < 1.29 is 0 Å². The van der Waals surface area contributed by atoms with Gasteiger partial charge in [-0.3, -0.25) is 0 Å². The Balaban J connectivity index is 2.03. The lowest BCUT2D eigenvalue weighted by atomic mass is 10.2. The molecule has 0 aliphatic carbocycles. The van der Waals surface area contributed by atoms with Crippen molar-refractivity contribution in [1.29, 1.82) is 0 Å². The molecule has 2 heterocycles. The molecule has 1 aromatic heterocycles. The lowest BCUT2D eigenvalue weighted by Crippen LogP contribution is -2.27. The molecule has 0 radical (unpaired) electrons. The Bertz CT molecular complexity index is 286. The molecule has 1 aromatic rings. The molecule has 4 heteroatoms. The summed E-state index contributed by atoms with van der Waals surface area (Å²) < 4.78 is 1.89. The Morgan fingerprint density at radius 2 is 2.62 bits per heavy atom. The number of nitrogens with one attached hydrogen (secondary N) is 1. The van der Waals surface area contributed by atoms with Crippen LogP contribution in [-0.2, 0) is 6.54 Å². The molecule has 0 aromatic carbocycles. The van der Waals surface area contributed by atoms with Gasteiger partial charge in [0.05, 0.1) is 12.2 Å². The van der Waals surface area contributed by atoms with Gasteiger partial charge in [0.25, 0.3) is 0 Å². The van der Waals surface area contributed by atoms with Gasteiger partial charge in [0.2, 0.25) is 0 Å². The lowest BCUT2D eigenvalue weighted by Gasteiger charge is -2.10. The van der Waals surface area contributed by atoms with Gasteiger partial charge in [0.15, 0.2) is 0 Å². The van der Waals surface area contributed by atoms with E-state index in [9.17, 15) is 0 Å². The Morgan fingerprint density at radius 1 is 1.77 bits per heavy atom. The fraction of sp³-hybridized carbons (Fsp3) is 0.667. The highest BCUT2D eigenvalue weighted by Crippen LogP contribution is 2.11. The van der Waals surface area contributed by atoms with Gasteiger partial charge in [0.1, 0.15) is 5.82 Å². The molecule has 0 unspecified atom stereocenters. The van der Waals surface area contributed by atoms with Crippen LogP contribution in [0.4, 0.5) is 5.82 Å². The summed E-state index contributed by atoms with van der Waals surface area (Å²) in [4.78, 5) is 0. The van der Waals surface area contributed by atoms with Crippen molar-refractivity contribution in [3.63, 3.8) is 0 Å². The van der Waals surface area contributed by atoms with E-state index in [0.29, 0.717) is 6.04 Å². The van der Waals surface area contributed by atoms with Gasteiger partial charge >= 0.3 is 0 Å². The van der Waals surface area contributed by atoms with E-state index in [0.717, 1.165) is 24.6 Å². The van der Waals surface area contributed by atoms with Crippen LogP contribution in [0.3, 0.4) is 0 Å². The number of nitrogens with two attached hydrogens (primary N) is 1. The zero-order valence-corrected chi connectivity index (χ0v) is 7.95. The molecule has 0 amide bonds. The number of nitrogens with zero attached hydrogens (tertiary/aromatic N) is 2. The molecule has 72 valence electrons. The lowest BCUT2D eigenvalue weighted by molar-refractivity contribution is 0.479. The second-order valence-corrected chi connectivity index (χ2v) is 3.69. The number of nitrogen functional groups attached to an aromatic ring is 1. The van der Waals surface area contributed by atoms with Crippen LogP contribution in [0.25, 0.3) is 0 Å². The summed E-state index contributed by atoms with van der Waals surface area (Å²) in [7, 11) is 0. The maximum atomic E-state index is 5.79. The second-order valence-electron chi connectivity index (χ2n) is 3.69. The topological polar surface area (TPSA) is 55.9 Å². The van der Waals surface area contributed by atoms with Crippen molar-refractivity contribution >= 4 is 5.82 Å². The number of hydrogen-bond donors (Lipinski definition) is 2. The van der Waals surface area contributed by atoms with Crippen LogP contribution < -0.4 is 11.1 Å². The van der Waals surface area contributed by atoms with Crippen LogP contribution in [0.15, 0.2) is 6.07 Å². The predicted octanol–water partition coefficient (Wildman–Crippen LogP) is 0.526. The largest absolute Gasteiger partial charge is 0.384 e. The molecule has 1 aliphatic rings. The fourth-order valence-electron chi connectivity index (χ4n) is 1.83. The van der Waals surface area contributed by atoms with Crippen LogP contribution in [0.2, 0.25) is 0 Å². The zero-order valence-electron chi connectivity index (χ0n) is 7.95. The number of aryl methyl sites for hydroxylation is 1. The third kappa shape index (κ3) is 1.83. The number of anilines is 1. The molecule has 0 spiro atoms. The maximum absolute atomic E-state index is 5.79. The summed E-state index contributed by atoms with van der Waals surface area (Å²) in [6.45, 7) is 4.00. The summed E-state index contributed by atoms with van der Waals surface area (Å²) in [6.07, 6.45) is 2.50. The maximum Gasteiger partial charge on any atom is 0.121 e. The molecule has 2 rings (SSSR count). The summed E-state index contributed by atoms with van der Waals surface area (Å²) in [5.41, 5.74) is 6.79. The highest BCUT2D eigenvalue weighted by molar-refractivity contribution is 5.30. The van der Waals surface area contributed by atoms with Crippen LogP contribution in [0, 0.1) is 6.92 Å². The summed E-state index contributed by atoms with van der Waals surface area (Å²) in [5, 5.41) is 7.75. The van der Waals surface area contributed by atoms with Crippen molar-refractivity contribution in [3.8, 4) is 0 Å². The van der Waals surface area contributed by atoms with Crippen LogP contribution in [0.5, 0.6) is 0 Å². The first kappa shape index (κ1) is 8.56. The molecule has 1 fully saturated rings. The molecule has 4 nitrogen and oxygen atoms in total. The number of aromatic nitrogens is 2. The van der Waals surface area contributed by atoms with Crippen molar-refractivity contribution in [3.05, 3.63) is 11.8 Å². The van der Waals surface area contributed by atoms with E-state index < -0.39 is 0 Å². The second kappa shape index (κ2) is 3.38. The molecular weight excluding hydrogens is 164 g/mol. The van der Waals surface area contributed by atoms with Gasteiger partial charge < -0.3 is 11.1 Å². The minimum absolute atomic E-state index is 0.557. The van der Waals surface area contributed by atoms with Crippen molar-refractivity contribution in [2.75, 3.05) is 12.3 Å². The van der Waals surface area contributed by atoms with Crippen molar-refractivity contribution in [1.82, 2.24) is 15.1 Å².